The number of hydrogen-bond donors (Lipinski definition) is 1. The van der Waals surface area contributed by atoms with Gasteiger partial charge >= 0.3 is 0 Å². The summed E-state index contributed by atoms with van der Waals surface area (Å²) in [5.74, 6) is 0.338. The van der Waals surface area contributed by atoms with Crippen LogP contribution >= 0.6 is 0 Å². The normalized spacial score (nSPS) is 20.1. The van der Waals surface area contributed by atoms with E-state index in [1.807, 2.05) is 0 Å². The number of rotatable bonds is 1. The molecule has 1 saturated heterocycles. The van der Waals surface area contributed by atoms with E-state index in [2.05, 4.69) is 5.32 Å². The van der Waals surface area contributed by atoms with Gasteiger partial charge in [-0.3, -0.25) is 4.39 Å². The minimum absolute atomic E-state index is 0. The van der Waals surface area contributed by atoms with Crippen LogP contribution in [0.1, 0.15) is 7.43 Å². The van der Waals surface area contributed by atoms with Gasteiger partial charge < -0.3 is 5.32 Å². The van der Waals surface area contributed by atoms with E-state index in [9.17, 15) is 4.39 Å². The van der Waals surface area contributed by atoms with E-state index >= 15 is 0 Å². The Bertz CT molecular complexity index is 40.6. The molecule has 0 aromatic heterocycles. The molecule has 0 aliphatic carbocycles. The van der Waals surface area contributed by atoms with Gasteiger partial charge in [0.15, 0.2) is 0 Å². The molecule has 0 unspecified atom stereocenters. The molecule has 1 aliphatic heterocycles. The van der Waals surface area contributed by atoms with Crippen molar-refractivity contribution in [2.24, 2.45) is 5.92 Å². The maximum Gasteiger partial charge on any atom is 0.0946 e. The molecule has 1 rings (SSSR count). The summed E-state index contributed by atoms with van der Waals surface area (Å²) in [5, 5.41) is 2.97. The van der Waals surface area contributed by atoms with Crippen molar-refractivity contribution in [3.63, 3.8) is 0 Å². The standard InChI is InChI=1S/C4H8FN.CH4/c5-1-4-2-6-3-4;/h4,6H,1-3H2;1H4. The molecule has 0 saturated carbocycles. The third-order valence-electron chi connectivity index (χ3n) is 1.08. The lowest BCUT2D eigenvalue weighted by atomic mass is 10.1. The molecule has 1 nitrogen and oxygen atoms in total. The predicted octanol–water partition coefficient (Wildman–Crippen LogP) is 0.811. The second-order valence-corrected chi connectivity index (χ2v) is 1.68. The van der Waals surface area contributed by atoms with E-state index in [0.29, 0.717) is 5.92 Å². The minimum Gasteiger partial charge on any atom is -0.316 e. The van der Waals surface area contributed by atoms with Gasteiger partial charge in [-0.05, 0) is 0 Å². The van der Waals surface area contributed by atoms with Gasteiger partial charge in [0.2, 0.25) is 0 Å². The van der Waals surface area contributed by atoms with E-state index < -0.39 is 0 Å². The fourth-order valence-corrected chi connectivity index (χ4v) is 0.458. The maximum absolute atomic E-state index is 11.4. The molecule has 44 valence electrons. The molecule has 1 heterocycles. The summed E-state index contributed by atoms with van der Waals surface area (Å²) < 4.78 is 11.4. The Kier molecular flexibility index (Phi) is 2.92. The van der Waals surface area contributed by atoms with Crippen molar-refractivity contribution < 1.29 is 4.39 Å². The summed E-state index contributed by atoms with van der Waals surface area (Å²) in [6, 6.07) is 0. The van der Waals surface area contributed by atoms with Crippen molar-refractivity contribution in [1.29, 1.82) is 0 Å². The van der Waals surface area contributed by atoms with Gasteiger partial charge in [0.1, 0.15) is 0 Å². The third kappa shape index (κ3) is 1.43. The quantitative estimate of drug-likeness (QED) is 0.520. The molecule has 7 heavy (non-hydrogen) atoms. The van der Waals surface area contributed by atoms with E-state index in [0.717, 1.165) is 13.1 Å². The SMILES string of the molecule is C.FCC1CNC1. The van der Waals surface area contributed by atoms with Crippen LogP contribution in [-0.2, 0) is 0 Å². The van der Waals surface area contributed by atoms with E-state index in [1.54, 1.807) is 0 Å². The molecule has 0 bridgehead atoms. The van der Waals surface area contributed by atoms with Crippen LogP contribution in [0.2, 0.25) is 0 Å². The van der Waals surface area contributed by atoms with Crippen molar-refractivity contribution in [3.8, 4) is 0 Å². The second-order valence-electron chi connectivity index (χ2n) is 1.68. The average molecular weight is 105 g/mol. The van der Waals surface area contributed by atoms with Gasteiger partial charge in [0.25, 0.3) is 0 Å². The minimum atomic E-state index is -0.146. The first kappa shape index (κ1) is 6.89. The summed E-state index contributed by atoms with van der Waals surface area (Å²) in [5.41, 5.74) is 0. The molecule has 0 spiro atoms. The molecular weight excluding hydrogens is 93.1 g/mol. The first-order chi connectivity index (χ1) is 2.93. The molecule has 1 N–H and O–H groups in total. The molecule has 2 heteroatoms. The van der Waals surface area contributed by atoms with Crippen LogP contribution in [0.4, 0.5) is 4.39 Å². The van der Waals surface area contributed by atoms with Crippen molar-refractivity contribution in [2.75, 3.05) is 19.8 Å². The van der Waals surface area contributed by atoms with Crippen molar-refractivity contribution in [3.05, 3.63) is 0 Å². The summed E-state index contributed by atoms with van der Waals surface area (Å²) >= 11 is 0. The zero-order chi connectivity index (χ0) is 4.41. The molecule has 1 fully saturated rings. The van der Waals surface area contributed by atoms with Crippen molar-refractivity contribution >= 4 is 0 Å². The highest BCUT2D eigenvalue weighted by atomic mass is 19.1. The first-order valence-electron chi connectivity index (χ1n) is 2.20. The van der Waals surface area contributed by atoms with Gasteiger partial charge in [-0.15, -0.1) is 0 Å². The molecular formula is C5H12FN. The van der Waals surface area contributed by atoms with Crippen LogP contribution in [0.25, 0.3) is 0 Å². The highest BCUT2D eigenvalue weighted by Gasteiger charge is 2.14. The Morgan fingerprint density at radius 3 is 2.14 bits per heavy atom. The number of halogens is 1. The Morgan fingerprint density at radius 2 is 2.14 bits per heavy atom. The van der Waals surface area contributed by atoms with Crippen LogP contribution in [0, 0.1) is 5.92 Å². The lowest BCUT2D eigenvalue weighted by Crippen LogP contribution is -2.42. The lowest BCUT2D eigenvalue weighted by Gasteiger charge is -2.23. The van der Waals surface area contributed by atoms with Crippen molar-refractivity contribution in [1.82, 2.24) is 5.32 Å². The van der Waals surface area contributed by atoms with Gasteiger partial charge in [-0.25, -0.2) is 0 Å². The Hall–Kier alpha value is -0.110. The average Bonchev–Trinajstić information content (AvgIpc) is 1.31. The molecule has 0 atom stereocenters. The Labute approximate surface area is 43.9 Å². The number of nitrogens with one attached hydrogen (secondary N) is 1. The topological polar surface area (TPSA) is 12.0 Å². The monoisotopic (exact) mass is 105 g/mol. The zero-order valence-electron chi connectivity index (χ0n) is 3.58. The number of hydrogen-bond acceptors (Lipinski definition) is 1. The number of alkyl halides is 1. The smallest absolute Gasteiger partial charge is 0.0946 e. The van der Waals surface area contributed by atoms with Crippen LogP contribution in [0.5, 0.6) is 0 Å². The summed E-state index contributed by atoms with van der Waals surface area (Å²) in [6.45, 7) is 1.63. The highest BCUT2D eigenvalue weighted by molar-refractivity contribution is 4.72. The Morgan fingerprint density at radius 1 is 1.57 bits per heavy atom. The largest absolute Gasteiger partial charge is 0.316 e. The fourth-order valence-electron chi connectivity index (χ4n) is 0.458. The molecule has 0 amide bonds. The van der Waals surface area contributed by atoms with Crippen LogP contribution in [0.3, 0.4) is 0 Å². The highest BCUT2D eigenvalue weighted by Crippen LogP contribution is 2.00. The van der Waals surface area contributed by atoms with E-state index in [-0.39, 0.29) is 14.1 Å². The lowest BCUT2D eigenvalue weighted by molar-refractivity contribution is 0.269. The fraction of sp³-hybridized carbons (Fsp3) is 1.00. The maximum atomic E-state index is 11.4. The Balaban J connectivity index is 0.000000360. The third-order valence-corrected chi connectivity index (χ3v) is 1.08. The summed E-state index contributed by atoms with van der Waals surface area (Å²) in [4.78, 5) is 0. The van der Waals surface area contributed by atoms with Gasteiger partial charge in [-0.2, -0.15) is 0 Å². The van der Waals surface area contributed by atoms with E-state index in [4.69, 9.17) is 0 Å². The second kappa shape index (κ2) is 2.97. The molecule has 0 radical (unpaired) electrons. The van der Waals surface area contributed by atoms with Crippen molar-refractivity contribution in [2.45, 2.75) is 7.43 Å². The zero-order valence-corrected chi connectivity index (χ0v) is 3.58. The summed E-state index contributed by atoms with van der Waals surface area (Å²) in [7, 11) is 0. The van der Waals surface area contributed by atoms with E-state index in [1.165, 1.54) is 0 Å². The first-order valence-corrected chi connectivity index (χ1v) is 2.20. The summed E-state index contributed by atoms with van der Waals surface area (Å²) in [6.07, 6.45) is 0. The molecule has 1 aliphatic rings. The van der Waals surface area contributed by atoms with Gasteiger partial charge in [0.05, 0.1) is 6.67 Å². The van der Waals surface area contributed by atoms with Crippen LogP contribution in [-0.4, -0.2) is 19.8 Å². The predicted molar refractivity (Wildman–Crippen MR) is 29.1 cm³/mol. The van der Waals surface area contributed by atoms with Gasteiger partial charge in [0, 0.05) is 19.0 Å². The molecule has 0 aromatic rings. The van der Waals surface area contributed by atoms with Crippen LogP contribution in [0.15, 0.2) is 0 Å². The van der Waals surface area contributed by atoms with Crippen LogP contribution < -0.4 is 5.32 Å². The van der Waals surface area contributed by atoms with Gasteiger partial charge in [-0.1, -0.05) is 7.43 Å². The molecule has 0 aromatic carbocycles.